The molecule has 0 aromatic heterocycles. The standard InChI is InChI=1S/C19H21N/c1-19(2,3)18-11-9-15(10-12-18)7-8-16-5-4-6-17(13-16)14-20/h4-6,9-13H,14,20H2,1-3H3. The van der Waals surface area contributed by atoms with Crippen LogP contribution >= 0.6 is 0 Å². The van der Waals surface area contributed by atoms with E-state index >= 15 is 0 Å². The smallest absolute Gasteiger partial charge is 0.0252 e. The van der Waals surface area contributed by atoms with Crippen LogP contribution < -0.4 is 5.73 Å². The van der Waals surface area contributed by atoms with Crippen molar-refractivity contribution in [3.8, 4) is 11.8 Å². The summed E-state index contributed by atoms with van der Waals surface area (Å²) in [5.74, 6) is 6.39. The zero-order valence-corrected chi connectivity index (χ0v) is 12.4. The molecule has 0 aliphatic carbocycles. The highest BCUT2D eigenvalue weighted by Gasteiger charge is 2.12. The van der Waals surface area contributed by atoms with Crippen molar-refractivity contribution >= 4 is 0 Å². The van der Waals surface area contributed by atoms with Gasteiger partial charge in [-0.3, -0.25) is 0 Å². The Bertz CT molecular complexity index is 634. The summed E-state index contributed by atoms with van der Waals surface area (Å²) < 4.78 is 0. The van der Waals surface area contributed by atoms with E-state index < -0.39 is 0 Å². The first kappa shape index (κ1) is 14.4. The van der Waals surface area contributed by atoms with Crippen molar-refractivity contribution in [1.29, 1.82) is 0 Å². The van der Waals surface area contributed by atoms with E-state index in [4.69, 9.17) is 5.73 Å². The Hall–Kier alpha value is -2.04. The zero-order valence-electron chi connectivity index (χ0n) is 12.4. The Kier molecular flexibility index (Phi) is 4.27. The minimum Gasteiger partial charge on any atom is -0.326 e. The highest BCUT2D eigenvalue weighted by molar-refractivity contribution is 5.45. The van der Waals surface area contributed by atoms with Crippen molar-refractivity contribution in [3.63, 3.8) is 0 Å². The van der Waals surface area contributed by atoms with Crippen molar-refractivity contribution in [1.82, 2.24) is 0 Å². The molecule has 0 spiro atoms. The Morgan fingerprint density at radius 3 is 2.15 bits per heavy atom. The Balaban J connectivity index is 2.20. The fourth-order valence-corrected chi connectivity index (χ4v) is 1.97. The van der Waals surface area contributed by atoms with Crippen LogP contribution in [0.3, 0.4) is 0 Å². The van der Waals surface area contributed by atoms with Crippen LogP contribution in [0.2, 0.25) is 0 Å². The highest BCUT2D eigenvalue weighted by Crippen LogP contribution is 2.21. The molecule has 0 fully saturated rings. The molecule has 20 heavy (non-hydrogen) atoms. The third-order valence-corrected chi connectivity index (χ3v) is 3.26. The second-order valence-corrected chi connectivity index (χ2v) is 5.98. The summed E-state index contributed by atoms with van der Waals surface area (Å²) in [7, 11) is 0. The van der Waals surface area contributed by atoms with E-state index in [1.165, 1.54) is 5.56 Å². The van der Waals surface area contributed by atoms with E-state index in [1.807, 2.05) is 24.3 Å². The lowest BCUT2D eigenvalue weighted by atomic mass is 9.87. The maximum absolute atomic E-state index is 5.64. The van der Waals surface area contributed by atoms with E-state index in [2.05, 4.69) is 56.9 Å². The van der Waals surface area contributed by atoms with Crippen molar-refractivity contribution < 1.29 is 0 Å². The van der Waals surface area contributed by atoms with Gasteiger partial charge in [-0.05, 0) is 40.8 Å². The van der Waals surface area contributed by atoms with Crippen LogP contribution in [0.15, 0.2) is 48.5 Å². The van der Waals surface area contributed by atoms with Crippen molar-refractivity contribution in [2.75, 3.05) is 0 Å². The summed E-state index contributed by atoms with van der Waals surface area (Å²) in [4.78, 5) is 0. The van der Waals surface area contributed by atoms with Crippen molar-refractivity contribution in [3.05, 3.63) is 70.8 Å². The topological polar surface area (TPSA) is 26.0 Å². The average Bonchev–Trinajstić information content (AvgIpc) is 2.45. The van der Waals surface area contributed by atoms with Gasteiger partial charge in [0.05, 0.1) is 0 Å². The van der Waals surface area contributed by atoms with E-state index in [0.29, 0.717) is 6.54 Å². The first-order chi connectivity index (χ1) is 9.49. The van der Waals surface area contributed by atoms with Crippen LogP contribution in [0, 0.1) is 11.8 Å². The van der Waals surface area contributed by atoms with Crippen LogP contribution in [-0.2, 0) is 12.0 Å². The van der Waals surface area contributed by atoms with E-state index in [-0.39, 0.29) is 5.41 Å². The highest BCUT2D eigenvalue weighted by atomic mass is 14.5. The second-order valence-electron chi connectivity index (χ2n) is 5.98. The number of benzene rings is 2. The third-order valence-electron chi connectivity index (χ3n) is 3.26. The zero-order chi connectivity index (χ0) is 14.6. The molecule has 0 radical (unpaired) electrons. The van der Waals surface area contributed by atoms with E-state index in [0.717, 1.165) is 16.7 Å². The molecule has 2 rings (SSSR count). The average molecular weight is 263 g/mol. The SMILES string of the molecule is CC(C)(C)c1ccc(C#Cc2cccc(CN)c2)cc1. The largest absolute Gasteiger partial charge is 0.326 e. The Morgan fingerprint density at radius 2 is 1.55 bits per heavy atom. The molecule has 102 valence electrons. The predicted molar refractivity (Wildman–Crippen MR) is 85.5 cm³/mol. The van der Waals surface area contributed by atoms with Gasteiger partial charge >= 0.3 is 0 Å². The number of nitrogens with two attached hydrogens (primary N) is 1. The van der Waals surface area contributed by atoms with Crippen LogP contribution in [0.5, 0.6) is 0 Å². The quantitative estimate of drug-likeness (QED) is 0.777. The molecule has 2 N–H and O–H groups in total. The molecule has 0 amide bonds. The minimum atomic E-state index is 0.182. The van der Waals surface area contributed by atoms with Gasteiger partial charge in [-0.1, -0.05) is 56.9 Å². The van der Waals surface area contributed by atoms with E-state index in [1.54, 1.807) is 0 Å². The number of hydrogen-bond acceptors (Lipinski definition) is 1. The van der Waals surface area contributed by atoms with Crippen LogP contribution in [0.4, 0.5) is 0 Å². The molecule has 0 saturated carbocycles. The van der Waals surface area contributed by atoms with Gasteiger partial charge in [0.25, 0.3) is 0 Å². The summed E-state index contributed by atoms with van der Waals surface area (Å²) >= 11 is 0. The summed E-state index contributed by atoms with van der Waals surface area (Å²) in [6, 6.07) is 16.5. The number of rotatable bonds is 1. The molecular weight excluding hydrogens is 242 g/mol. The molecule has 0 atom stereocenters. The first-order valence-electron chi connectivity index (χ1n) is 6.90. The summed E-state index contributed by atoms with van der Waals surface area (Å²) in [6.07, 6.45) is 0. The number of hydrogen-bond donors (Lipinski definition) is 1. The summed E-state index contributed by atoms with van der Waals surface area (Å²) in [6.45, 7) is 7.19. The minimum absolute atomic E-state index is 0.182. The van der Waals surface area contributed by atoms with E-state index in [9.17, 15) is 0 Å². The van der Waals surface area contributed by atoms with Crippen molar-refractivity contribution in [2.45, 2.75) is 32.7 Å². The molecule has 2 aromatic rings. The van der Waals surface area contributed by atoms with Gasteiger partial charge in [-0.2, -0.15) is 0 Å². The van der Waals surface area contributed by atoms with Gasteiger partial charge < -0.3 is 5.73 Å². The second kappa shape index (κ2) is 5.94. The van der Waals surface area contributed by atoms with Crippen LogP contribution in [0.1, 0.15) is 43.0 Å². The normalized spacial score (nSPS) is 10.8. The Morgan fingerprint density at radius 1 is 0.900 bits per heavy atom. The summed E-state index contributed by atoms with van der Waals surface area (Å²) in [5, 5.41) is 0. The lowest BCUT2D eigenvalue weighted by Gasteiger charge is -2.18. The molecule has 0 bridgehead atoms. The van der Waals surface area contributed by atoms with Gasteiger partial charge in [0.2, 0.25) is 0 Å². The van der Waals surface area contributed by atoms with Crippen molar-refractivity contribution in [2.24, 2.45) is 5.73 Å². The van der Waals surface area contributed by atoms with Crippen LogP contribution in [0.25, 0.3) is 0 Å². The lowest BCUT2D eigenvalue weighted by Crippen LogP contribution is -2.10. The fourth-order valence-electron chi connectivity index (χ4n) is 1.97. The van der Waals surface area contributed by atoms with Gasteiger partial charge in [0.15, 0.2) is 0 Å². The summed E-state index contributed by atoms with van der Waals surface area (Å²) in [5.41, 5.74) is 10.3. The molecule has 0 unspecified atom stereocenters. The van der Waals surface area contributed by atoms with Crippen LogP contribution in [-0.4, -0.2) is 0 Å². The molecule has 0 heterocycles. The van der Waals surface area contributed by atoms with Gasteiger partial charge in [0, 0.05) is 17.7 Å². The van der Waals surface area contributed by atoms with Gasteiger partial charge in [-0.25, -0.2) is 0 Å². The molecule has 2 aromatic carbocycles. The molecular formula is C19H21N. The maximum Gasteiger partial charge on any atom is 0.0252 e. The maximum atomic E-state index is 5.64. The molecule has 0 saturated heterocycles. The first-order valence-corrected chi connectivity index (χ1v) is 6.90. The molecule has 1 nitrogen and oxygen atoms in total. The fraction of sp³-hybridized carbons (Fsp3) is 0.263. The molecule has 1 heteroatoms. The van der Waals surface area contributed by atoms with Gasteiger partial charge in [0.1, 0.15) is 0 Å². The molecule has 0 aliphatic rings. The van der Waals surface area contributed by atoms with Gasteiger partial charge in [-0.15, -0.1) is 0 Å². The lowest BCUT2D eigenvalue weighted by molar-refractivity contribution is 0.590. The monoisotopic (exact) mass is 263 g/mol. The predicted octanol–water partition coefficient (Wildman–Crippen LogP) is 3.84. The molecule has 0 aliphatic heterocycles. The third kappa shape index (κ3) is 3.73. The Labute approximate surface area is 121 Å².